The highest BCUT2D eigenvalue weighted by Gasteiger charge is 2.09. The van der Waals surface area contributed by atoms with E-state index in [0.717, 1.165) is 23.6 Å². The molecule has 1 atom stereocenters. The number of benzene rings is 1. The summed E-state index contributed by atoms with van der Waals surface area (Å²) in [5, 5.41) is 2.55. The summed E-state index contributed by atoms with van der Waals surface area (Å²) in [4.78, 5) is 8.20. The summed E-state index contributed by atoms with van der Waals surface area (Å²) in [5.41, 5.74) is 0.979. The van der Waals surface area contributed by atoms with Crippen molar-refractivity contribution in [2.75, 3.05) is 19.6 Å². The SMILES string of the molecule is CCN(CC)CCCC(C)Sc1ccnc2cc(Cl)ccc12. The van der Waals surface area contributed by atoms with Crippen LogP contribution in [0.3, 0.4) is 0 Å². The Labute approximate surface area is 143 Å². The lowest BCUT2D eigenvalue weighted by Gasteiger charge is -2.19. The fraction of sp³-hybridized carbons (Fsp3) is 0.500. The first kappa shape index (κ1) is 17.6. The molecular weight excluding hydrogens is 312 g/mol. The van der Waals surface area contributed by atoms with Gasteiger partial charge in [0.1, 0.15) is 0 Å². The van der Waals surface area contributed by atoms with Gasteiger partial charge in [0.15, 0.2) is 0 Å². The van der Waals surface area contributed by atoms with Gasteiger partial charge < -0.3 is 4.90 Å². The molecule has 1 aromatic carbocycles. The predicted octanol–water partition coefficient (Wildman–Crippen LogP) is 5.49. The van der Waals surface area contributed by atoms with Gasteiger partial charge >= 0.3 is 0 Å². The second-order valence-electron chi connectivity index (χ2n) is 5.57. The molecule has 0 fully saturated rings. The number of nitrogens with zero attached hydrogens (tertiary/aromatic N) is 2. The summed E-state index contributed by atoms with van der Waals surface area (Å²) in [6.07, 6.45) is 4.37. The van der Waals surface area contributed by atoms with E-state index >= 15 is 0 Å². The molecule has 0 saturated heterocycles. The van der Waals surface area contributed by atoms with Gasteiger partial charge in [0, 0.05) is 26.8 Å². The Hall–Kier alpha value is -0.770. The molecule has 0 bridgehead atoms. The van der Waals surface area contributed by atoms with E-state index in [2.05, 4.69) is 42.8 Å². The average Bonchev–Trinajstić information content (AvgIpc) is 2.51. The zero-order valence-electron chi connectivity index (χ0n) is 13.7. The fourth-order valence-corrected chi connectivity index (χ4v) is 3.94. The maximum atomic E-state index is 6.05. The average molecular weight is 337 g/mol. The standard InChI is InChI=1S/C18H25ClN2S/c1-4-21(5-2)12-6-7-14(3)22-18-10-11-20-17-13-15(19)8-9-16(17)18/h8-11,13-14H,4-7,12H2,1-3H3. The zero-order chi connectivity index (χ0) is 15.9. The monoisotopic (exact) mass is 336 g/mol. The van der Waals surface area contributed by atoms with Crippen LogP contribution < -0.4 is 0 Å². The molecule has 2 aromatic rings. The number of thioether (sulfide) groups is 1. The van der Waals surface area contributed by atoms with Crippen LogP contribution in [0.5, 0.6) is 0 Å². The molecule has 0 saturated carbocycles. The van der Waals surface area contributed by atoms with E-state index < -0.39 is 0 Å². The Morgan fingerprint density at radius 1 is 1.23 bits per heavy atom. The zero-order valence-corrected chi connectivity index (χ0v) is 15.3. The molecule has 1 unspecified atom stereocenters. The van der Waals surface area contributed by atoms with Gasteiger partial charge in [-0.2, -0.15) is 0 Å². The Morgan fingerprint density at radius 2 is 2.00 bits per heavy atom. The van der Waals surface area contributed by atoms with E-state index in [1.54, 1.807) is 0 Å². The quantitative estimate of drug-likeness (QED) is 0.593. The minimum Gasteiger partial charge on any atom is -0.304 e. The maximum Gasteiger partial charge on any atom is 0.0728 e. The number of rotatable bonds is 8. The van der Waals surface area contributed by atoms with Crippen LogP contribution in [0.4, 0.5) is 0 Å². The Balaban J connectivity index is 1.95. The highest BCUT2D eigenvalue weighted by atomic mass is 35.5. The van der Waals surface area contributed by atoms with Gasteiger partial charge in [0.05, 0.1) is 5.52 Å². The van der Waals surface area contributed by atoms with Crippen LogP contribution in [0, 0.1) is 0 Å². The van der Waals surface area contributed by atoms with Gasteiger partial charge in [0.25, 0.3) is 0 Å². The largest absolute Gasteiger partial charge is 0.304 e. The summed E-state index contributed by atoms with van der Waals surface area (Å²) in [7, 11) is 0. The Morgan fingerprint density at radius 3 is 2.73 bits per heavy atom. The van der Waals surface area contributed by atoms with E-state index in [0.29, 0.717) is 5.25 Å². The van der Waals surface area contributed by atoms with Crippen molar-refractivity contribution in [2.24, 2.45) is 0 Å². The lowest BCUT2D eigenvalue weighted by Crippen LogP contribution is -2.24. The van der Waals surface area contributed by atoms with Gasteiger partial charge in [-0.3, -0.25) is 4.98 Å². The van der Waals surface area contributed by atoms with Crippen molar-refractivity contribution in [1.29, 1.82) is 0 Å². The molecule has 0 N–H and O–H groups in total. The van der Waals surface area contributed by atoms with Crippen LogP contribution in [0.15, 0.2) is 35.4 Å². The third-order valence-corrected chi connectivity index (χ3v) is 5.46. The first-order valence-electron chi connectivity index (χ1n) is 8.07. The summed E-state index contributed by atoms with van der Waals surface area (Å²) in [6.45, 7) is 10.3. The third kappa shape index (κ3) is 4.87. The van der Waals surface area contributed by atoms with E-state index in [4.69, 9.17) is 11.6 Å². The molecule has 0 spiro atoms. The number of fused-ring (bicyclic) bond motifs is 1. The summed E-state index contributed by atoms with van der Waals surface area (Å²) >= 11 is 8.00. The van der Waals surface area contributed by atoms with Crippen LogP contribution in [0.1, 0.15) is 33.6 Å². The lowest BCUT2D eigenvalue weighted by molar-refractivity contribution is 0.297. The molecule has 1 heterocycles. The number of hydrogen-bond acceptors (Lipinski definition) is 3. The van der Waals surface area contributed by atoms with Gasteiger partial charge in [-0.25, -0.2) is 0 Å². The number of aromatic nitrogens is 1. The second kappa shape index (κ2) is 8.76. The second-order valence-corrected chi connectivity index (χ2v) is 7.48. The minimum atomic E-state index is 0.608. The molecule has 1 aromatic heterocycles. The minimum absolute atomic E-state index is 0.608. The smallest absolute Gasteiger partial charge is 0.0728 e. The molecule has 4 heteroatoms. The molecule has 0 aliphatic carbocycles. The van der Waals surface area contributed by atoms with Crippen molar-refractivity contribution >= 4 is 34.3 Å². The summed E-state index contributed by atoms with van der Waals surface area (Å²) < 4.78 is 0. The number of hydrogen-bond donors (Lipinski definition) is 0. The molecule has 0 amide bonds. The van der Waals surface area contributed by atoms with E-state index in [9.17, 15) is 0 Å². The van der Waals surface area contributed by atoms with Crippen molar-refractivity contribution in [3.63, 3.8) is 0 Å². The van der Waals surface area contributed by atoms with Gasteiger partial charge in [0.2, 0.25) is 0 Å². The van der Waals surface area contributed by atoms with Crippen molar-refractivity contribution in [3.8, 4) is 0 Å². The predicted molar refractivity (Wildman–Crippen MR) is 99.1 cm³/mol. The number of pyridine rings is 1. The highest BCUT2D eigenvalue weighted by molar-refractivity contribution is 8.00. The normalized spacial score (nSPS) is 13.0. The molecule has 0 radical (unpaired) electrons. The lowest BCUT2D eigenvalue weighted by atomic mass is 10.2. The van der Waals surface area contributed by atoms with Crippen molar-refractivity contribution in [1.82, 2.24) is 9.88 Å². The van der Waals surface area contributed by atoms with Crippen molar-refractivity contribution < 1.29 is 0 Å². The molecule has 0 aliphatic rings. The molecular formula is C18H25ClN2S. The van der Waals surface area contributed by atoms with Crippen LogP contribution in [-0.2, 0) is 0 Å². The topological polar surface area (TPSA) is 16.1 Å². The van der Waals surface area contributed by atoms with Crippen LogP contribution >= 0.6 is 23.4 Å². The Kier molecular flexibility index (Phi) is 7.00. The first-order chi connectivity index (χ1) is 10.6. The third-order valence-electron chi connectivity index (χ3n) is 3.97. The van der Waals surface area contributed by atoms with E-state index in [1.807, 2.05) is 30.1 Å². The maximum absolute atomic E-state index is 6.05. The van der Waals surface area contributed by atoms with Crippen LogP contribution in [0.25, 0.3) is 10.9 Å². The molecule has 2 rings (SSSR count). The van der Waals surface area contributed by atoms with Crippen molar-refractivity contribution in [2.45, 2.75) is 43.8 Å². The fourth-order valence-electron chi connectivity index (χ4n) is 2.62. The Bertz CT molecular complexity index is 599. The molecule has 0 aliphatic heterocycles. The molecule has 120 valence electrons. The van der Waals surface area contributed by atoms with E-state index in [1.165, 1.54) is 29.7 Å². The summed E-state index contributed by atoms with van der Waals surface area (Å²) in [6, 6.07) is 8.07. The van der Waals surface area contributed by atoms with Gasteiger partial charge in [-0.05, 0) is 50.7 Å². The van der Waals surface area contributed by atoms with Crippen LogP contribution in [-0.4, -0.2) is 34.8 Å². The first-order valence-corrected chi connectivity index (χ1v) is 9.33. The van der Waals surface area contributed by atoms with E-state index in [-0.39, 0.29) is 0 Å². The molecule has 22 heavy (non-hydrogen) atoms. The summed E-state index contributed by atoms with van der Waals surface area (Å²) in [5.74, 6) is 0. The van der Waals surface area contributed by atoms with Crippen LogP contribution in [0.2, 0.25) is 5.02 Å². The van der Waals surface area contributed by atoms with Crippen molar-refractivity contribution in [3.05, 3.63) is 35.5 Å². The van der Waals surface area contributed by atoms with Gasteiger partial charge in [-0.1, -0.05) is 38.4 Å². The highest BCUT2D eigenvalue weighted by Crippen LogP contribution is 2.32. The van der Waals surface area contributed by atoms with Gasteiger partial charge in [-0.15, -0.1) is 11.8 Å². The number of halogens is 1. The molecule has 2 nitrogen and oxygen atoms in total.